The standard InChI is InChI=1S/C19H23N5O/c1-23-16(12-15-4-2-7-20-14-15)13-19(17(23)25)5-10-24(11-6-19)18-21-8-3-9-22-18/h2-4,7-9,14,16H,5-6,10-13H2,1H3/t16-/m0/s1. The Morgan fingerprint density at radius 1 is 1.16 bits per heavy atom. The van der Waals surface area contributed by atoms with Crippen molar-refractivity contribution in [3.05, 3.63) is 48.5 Å². The summed E-state index contributed by atoms with van der Waals surface area (Å²) in [5, 5.41) is 0. The number of aromatic nitrogens is 3. The Hall–Kier alpha value is -2.50. The molecule has 6 heteroatoms. The molecule has 2 aromatic heterocycles. The predicted molar refractivity (Wildman–Crippen MR) is 95.0 cm³/mol. The van der Waals surface area contributed by atoms with Crippen molar-refractivity contribution in [2.75, 3.05) is 25.0 Å². The van der Waals surface area contributed by atoms with E-state index in [0.29, 0.717) is 5.91 Å². The van der Waals surface area contributed by atoms with Gasteiger partial charge in [-0.3, -0.25) is 9.78 Å². The first-order valence-electron chi connectivity index (χ1n) is 8.86. The summed E-state index contributed by atoms with van der Waals surface area (Å²) in [5.74, 6) is 1.07. The third-order valence-corrected chi connectivity index (χ3v) is 5.70. The zero-order valence-electron chi connectivity index (χ0n) is 14.5. The lowest BCUT2D eigenvalue weighted by Crippen LogP contribution is -2.44. The fraction of sp³-hybridized carbons (Fsp3) is 0.474. The first-order chi connectivity index (χ1) is 12.2. The second kappa shape index (κ2) is 6.43. The molecule has 4 heterocycles. The Labute approximate surface area is 147 Å². The van der Waals surface area contributed by atoms with E-state index < -0.39 is 0 Å². The number of hydrogen-bond donors (Lipinski definition) is 0. The van der Waals surface area contributed by atoms with Crippen molar-refractivity contribution < 1.29 is 4.79 Å². The van der Waals surface area contributed by atoms with Crippen LogP contribution < -0.4 is 4.90 Å². The average Bonchev–Trinajstić information content (AvgIpc) is 2.89. The van der Waals surface area contributed by atoms with Crippen molar-refractivity contribution in [1.29, 1.82) is 0 Å². The molecule has 130 valence electrons. The van der Waals surface area contributed by atoms with Crippen LogP contribution in [0.25, 0.3) is 0 Å². The molecule has 1 spiro atoms. The number of hydrogen-bond acceptors (Lipinski definition) is 5. The van der Waals surface area contributed by atoms with Crippen LogP contribution in [0.15, 0.2) is 43.0 Å². The van der Waals surface area contributed by atoms with Gasteiger partial charge in [-0.05, 0) is 43.4 Å². The molecule has 0 bridgehead atoms. The molecule has 0 aromatic carbocycles. The van der Waals surface area contributed by atoms with E-state index in [1.807, 2.05) is 30.3 Å². The summed E-state index contributed by atoms with van der Waals surface area (Å²) in [4.78, 5) is 30.0. The van der Waals surface area contributed by atoms with Gasteiger partial charge in [0.25, 0.3) is 0 Å². The average molecular weight is 337 g/mol. The summed E-state index contributed by atoms with van der Waals surface area (Å²) < 4.78 is 0. The molecule has 2 aliphatic rings. The smallest absolute Gasteiger partial charge is 0.229 e. The number of piperidine rings is 1. The van der Waals surface area contributed by atoms with Gasteiger partial charge < -0.3 is 9.80 Å². The first-order valence-corrected chi connectivity index (χ1v) is 8.86. The molecule has 0 saturated carbocycles. The van der Waals surface area contributed by atoms with E-state index in [2.05, 4.69) is 25.9 Å². The lowest BCUT2D eigenvalue weighted by molar-refractivity contribution is -0.136. The second-order valence-corrected chi connectivity index (χ2v) is 7.16. The van der Waals surface area contributed by atoms with Crippen molar-refractivity contribution in [3.8, 4) is 0 Å². The number of amides is 1. The van der Waals surface area contributed by atoms with Crippen LogP contribution in [0, 0.1) is 5.41 Å². The maximum absolute atomic E-state index is 13.0. The Morgan fingerprint density at radius 3 is 2.60 bits per heavy atom. The zero-order valence-corrected chi connectivity index (χ0v) is 14.5. The molecule has 6 nitrogen and oxygen atoms in total. The largest absolute Gasteiger partial charge is 0.342 e. The van der Waals surface area contributed by atoms with E-state index in [1.54, 1.807) is 18.6 Å². The lowest BCUT2D eigenvalue weighted by atomic mass is 9.75. The minimum absolute atomic E-state index is 0.215. The van der Waals surface area contributed by atoms with Crippen LogP contribution in [-0.2, 0) is 11.2 Å². The van der Waals surface area contributed by atoms with Crippen molar-refractivity contribution in [2.45, 2.75) is 31.7 Å². The molecule has 0 radical (unpaired) electrons. The minimum atomic E-state index is -0.215. The van der Waals surface area contributed by atoms with Gasteiger partial charge in [0.2, 0.25) is 11.9 Å². The number of likely N-dealkylation sites (tertiary alicyclic amines) is 1. The van der Waals surface area contributed by atoms with E-state index >= 15 is 0 Å². The topological polar surface area (TPSA) is 62.2 Å². The summed E-state index contributed by atoms with van der Waals surface area (Å²) in [5.41, 5.74) is 0.978. The van der Waals surface area contributed by atoms with E-state index in [-0.39, 0.29) is 11.5 Å². The molecule has 1 atom stereocenters. The number of anilines is 1. The van der Waals surface area contributed by atoms with Crippen molar-refractivity contribution >= 4 is 11.9 Å². The fourth-order valence-electron chi connectivity index (χ4n) is 4.22. The van der Waals surface area contributed by atoms with Crippen molar-refractivity contribution in [3.63, 3.8) is 0 Å². The molecule has 25 heavy (non-hydrogen) atoms. The molecule has 0 N–H and O–H groups in total. The van der Waals surface area contributed by atoms with E-state index in [4.69, 9.17) is 0 Å². The van der Waals surface area contributed by atoms with Gasteiger partial charge in [0, 0.05) is 51.0 Å². The van der Waals surface area contributed by atoms with Gasteiger partial charge >= 0.3 is 0 Å². The highest BCUT2D eigenvalue weighted by Crippen LogP contribution is 2.44. The first kappa shape index (κ1) is 16.0. The third kappa shape index (κ3) is 2.97. The quantitative estimate of drug-likeness (QED) is 0.856. The highest BCUT2D eigenvalue weighted by atomic mass is 16.2. The Morgan fingerprint density at radius 2 is 1.92 bits per heavy atom. The SMILES string of the molecule is CN1C(=O)C2(CCN(c3ncccn3)CC2)C[C@@H]1Cc1cccnc1. The van der Waals surface area contributed by atoms with Crippen molar-refractivity contribution in [1.82, 2.24) is 19.9 Å². The van der Waals surface area contributed by atoms with Crippen LogP contribution in [0.5, 0.6) is 0 Å². The van der Waals surface area contributed by atoms with Gasteiger partial charge in [-0.2, -0.15) is 0 Å². The van der Waals surface area contributed by atoms with Crippen LogP contribution in [-0.4, -0.2) is 51.9 Å². The monoisotopic (exact) mass is 337 g/mol. The van der Waals surface area contributed by atoms with Crippen LogP contribution in [0.3, 0.4) is 0 Å². The Balaban J connectivity index is 1.45. The third-order valence-electron chi connectivity index (χ3n) is 5.70. The predicted octanol–water partition coefficient (Wildman–Crippen LogP) is 1.93. The maximum Gasteiger partial charge on any atom is 0.229 e. The number of rotatable bonds is 3. The molecule has 0 unspecified atom stereocenters. The highest BCUT2D eigenvalue weighted by Gasteiger charge is 2.51. The van der Waals surface area contributed by atoms with Crippen molar-refractivity contribution in [2.24, 2.45) is 5.41 Å². The second-order valence-electron chi connectivity index (χ2n) is 7.16. The molecule has 1 amide bonds. The summed E-state index contributed by atoms with van der Waals surface area (Å²) in [6, 6.07) is 6.13. The fourth-order valence-corrected chi connectivity index (χ4v) is 4.22. The number of carbonyl (C=O) groups is 1. The normalized spacial score (nSPS) is 22.6. The lowest BCUT2D eigenvalue weighted by Gasteiger charge is -2.37. The van der Waals surface area contributed by atoms with Crippen LogP contribution >= 0.6 is 0 Å². The van der Waals surface area contributed by atoms with E-state index in [9.17, 15) is 4.79 Å². The molecule has 2 saturated heterocycles. The highest BCUT2D eigenvalue weighted by molar-refractivity contribution is 5.85. The Bertz CT molecular complexity index is 728. The van der Waals surface area contributed by atoms with Gasteiger partial charge in [-0.15, -0.1) is 0 Å². The van der Waals surface area contributed by atoms with Crippen LogP contribution in [0.4, 0.5) is 5.95 Å². The number of likely N-dealkylation sites (N-methyl/N-ethyl adjacent to an activating group) is 1. The Kier molecular flexibility index (Phi) is 4.11. The van der Waals surface area contributed by atoms with Crippen LogP contribution in [0.2, 0.25) is 0 Å². The summed E-state index contributed by atoms with van der Waals surface area (Å²) in [6.45, 7) is 1.67. The maximum atomic E-state index is 13.0. The van der Waals surface area contributed by atoms with E-state index in [0.717, 1.165) is 44.7 Å². The zero-order chi connectivity index (χ0) is 17.3. The van der Waals surface area contributed by atoms with Gasteiger partial charge in [-0.1, -0.05) is 6.07 Å². The van der Waals surface area contributed by atoms with Crippen LogP contribution in [0.1, 0.15) is 24.8 Å². The number of pyridine rings is 1. The van der Waals surface area contributed by atoms with Gasteiger partial charge in [-0.25, -0.2) is 9.97 Å². The van der Waals surface area contributed by atoms with Gasteiger partial charge in [0.15, 0.2) is 0 Å². The van der Waals surface area contributed by atoms with Gasteiger partial charge in [0.1, 0.15) is 0 Å². The summed E-state index contributed by atoms with van der Waals surface area (Å²) >= 11 is 0. The molecule has 2 aromatic rings. The minimum Gasteiger partial charge on any atom is -0.342 e. The molecule has 4 rings (SSSR count). The van der Waals surface area contributed by atoms with Gasteiger partial charge in [0.05, 0.1) is 5.41 Å². The molecule has 0 aliphatic carbocycles. The summed E-state index contributed by atoms with van der Waals surface area (Å²) in [7, 11) is 1.95. The molecule has 2 aliphatic heterocycles. The molecular formula is C19H23N5O. The number of carbonyl (C=O) groups excluding carboxylic acids is 1. The number of nitrogens with zero attached hydrogens (tertiary/aromatic N) is 5. The molecule has 2 fully saturated rings. The van der Waals surface area contributed by atoms with E-state index in [1.165, 1.54) is 5.56 Å². The molecular weight excluding hydrogens is 314 g/mol. The summed E-state index contributed by atoms with van der Waals surface area (Å²) in [6.07, 6.45) is 10.8.